The van der Waals surface area contributed by atoms with Gasteiger partial charge in [0.2, 0.25) is 0 Å². The second-order valence-electron chi connectivity index (χ2n) is 17.3. The molecule has 0 aromatic heterocycles. The summed E-state index contributed by atoms with van der Waals surface area (Å²) >= 11 is 0. The zero-order valence-electron chi connectivity index (χ0n) is 38.0. The summed E-state index contributed by atoms with van der Waals surface area (Å²) in [6, 6.07) is 0. The quantitative estimate of drug-likeness (QED) is 0.0147. The SMILES string of the molecule is CCCCCCCC/C=C\CCCCCCCCCC(=O)OC(COCCCCCCCCCCCCCCCCCC)COP(=O)(O)OC1C(O)C(O)C(O)C(O)C1O. The Morgan fingerprint density at radius 3 is 1.32 bits per heavy atom. The number of rotatable bonds is 42. The highest BCUT2D eigenvalue weighted by Crippen LogP contribution is 2.47. The Labute approximate surface area is 365 Å². The molecule has 0 aromatic rings. The van der Waals surface area contributed by atoms with Crippen molar-refractivity contribution in [1.29, 1.82) is 0 Å². The number of unbranched alkanes of at least 4 members (excludes halogenated alkanes) is 28. The minimum absolute atomic E-state index is 0.0724. The first-order chi connectivity index (χ1) is 29.0. The van der Waals surface area contributed by atoms with Crippen LogP contribution >= 0.6 is 7.82 Å². The maximum Gasteiger partial charge on any atom is 0.472 e. The number of phosphoric acid groups is 1. The summed E-state index contributed by atoms with van der Waals surface area (Å²) in [7, 11) is -5.01. The zero-order chi connectivity index (χ0) is 44.1. The number of aliphatic hydroxyl groups excluding tert-OH is 5. The number of ether oxygens (including phenoxy) is 2. The fraction of sp³-hybridized carbons (Fsp3) is 0.936. The number of hydrogen-bond acceptors (Lipinski definition) is 11. The van der Waals surface area contributed by atoms with Crippen molar-refractivity contribution < 1.29 is 58.3 Å². The van der Waals surface area contributed by atoms with E-state index in [0.717, 1.165) is 44.9 Å². The van der Waals surface area contributed by atoms with E-state index >= 15 is 0 Å². The summed E-state index contributed by atoms with van der Waals surface area (Å²) in [6.07, 6.45) is 29.9. The minimum atomic E-state index is -5.01. The molecule has 0 heterocycles. The molecule has 0 amide bonds. The Morgan fingerprint density at radius 2 is 0.883 bits per heavy atom. The number of aliphatic hydroxyl groups is 5. The Kier molecular flexibility index (Phi) is 36.7. The van der Waals surface area contributed by atoms with Crippen molar-refractivity contribution in [2.75, 3.05) is 19.8 Å². The highest BCUT2D eigenvalue weighted by Gasteiger charge is 2.51. The number of esters is 1. The largest absolute Gasteiger partial charge is 0.472 e. The number of phosphoric ester groups is 1. The molecule has 1 rings (SSSR count). The van der Waals surface area contributed by atoms with E-state index in [9.17, 15) is 39.8 Å². The topological polar surface area (TPSA) is 192 Å². The molecule has 0 aromatic carbocycles. The lowest BCUT2D eigenvalue weighted by molar-refractivity contribution is -0.220. The van der Waals surface area contributed by atoms with Crippen molar-refractivity contribution >= 4 is 13.8 Å². The fourth-order valence-electron chi connectivity index (χ4n) is 7.70. The van der Waals surface area contributed by atoms with Crippen molar-refractivity contribution in [3.05, 3.63) is 12.2 Å². The molecule has 1 saturated carbocycles. The van der Waals surface area contributed by atoms with Gasteiger partial charge in [-0.15, -0.1) is 0 Å². The van der Waals surface area contributed by atoms with Gasteiger partial charge in [0.1, 0.15) is 42.7 Å². The molecule has 1 aliphatic rings. The average molecular weight is 879 g/mol. The molecule has 356 valence electrons. The van der Waals surface area contributed by atoms with E-state index in [-0.39, 0.29) is 13.0 Å². The molecule has 0 saturated heterocycles. The monoisotopic (exact) mass is 879 g/mol. The minimum Gasteiger partial charge on any atom is -0.457 e. The van der Waals surface area contributed by atoms with Crippen LogP contribution in [0.4, 0.5) is 0 Å². The fourth-order valence-corrected chi connectivity index (χ4v) is 8.68. The maximum atomic E-state index is 12.8. The molecule has 6 atom stereocenters. The molecule has 0 aliphatic heterocycles. The number of allylic oxidation sites excluding steroid dienone is 2. The summed E-state index contributed by atoms with van der Waals surface area (Å²) in [5, 5.41) is 50.2. The molecule has 12 nitrogen and oxygen atoms in total. The van der Waals surface area contributed by atoms with E-state index in [2.05, 4.69) is 26.0 Å². The van der Waals surface area contributed by atoms with Gasteiger partial charge in [-0.2, -0.15) is 0 Å². The lowest BCUT2D eigenvalue weighted by Crippen LogP contribution is -2.64. The third-order valence-corrected chi connectivity index (χ3v) is 12.6. The molecule has 0 radical (unpaired) electrons. The van der Waals surface area contributed by atoms with Gasteiger partial charge in [-0.05, 0) is 38.5 Å². The zero-order valence-corrected chi connectivity index (χ0v) is 38.9. The van der Waals surface area contributed by atoms with E-state index in [1.54, 1.807) is 0 Å². The van der Waals surface area contributed by atoms with Crippen molar-refractivity contribution in [1.82, 2.24) is 0 Å². The van der Waals surface area contributed by atoms with Crippen LogP contribution in [0.5, 0.6) is 0 Å². The standard InChI is InChI=1S/C47H91O12P/c1-3-5-7-9-11-13-15-17-19-21-22-24-26-28-30-32-34-36-41(48)58-40(39-57-60(54,55)59-47-45(52)43(50)42(49)44(51)46(47)53)38-56-37-35-33-31-29-27-25-23-20-18-16-14-12-10-8-6-4-2/h17,19,40,42-47,49-53H,3-16,18,20-39H2,1-2H3,(H,54,55)/b19-17-. The predicted octanol–water partition coefficient (Wildman–Crippen LogP) is 10.3. The van der Waals surface area contributed by atoms with Crippen LogP contribution in [0, 0.1) is 0 Å². The third-order valence-electron chi connectivity index (χ3n) is 11.6. The smallest absolute Gasteiger partial charge is 0.457 e. The van der Waals surface area contributed by atoms with E-state index < -0.39 is 63.1 Å². The summed E-state index contributed by atoms with van der Waals surface area (Å²) in [6.45, 7) is 4.28. The number of carbonyl (C=O) groups is 1. The Balaban J connectivity index is 2.36. The van der Waals surface area contributed by atoms with Gasteiger partial charge >= 0.3 is 13.8 Å². The molecule has 6 unspecified atom stereocenters. The van der Waals surface area contributed by atoms with Crippen LogP contribution in [-0.4, -0.2) is 98.9 Å². The van der Waals surface area contributed by atoms with Gasteiger partial charge in [-0.25, -0.2) is 4.57 Å². The normalized spacial score (nSPS) is 22.3. The highest BCUT2D eigenvalue weighted by molar-refractivity contribution is 7.47. The molecule has 0 spiro atoms. The number of hydrogen-bond donors (Lipinski definition) is 6. The third kappa shape index (κ3) is 30.2. The van der Waals surface area contributed by atoms with Crippen molar-refractivity contribution in [3.8, 4) is 0 Å². The van der Waals surface area contributed by atoms with Crippen LogP contribution in [0.2, 0.25) is 0 Å². The Morgan fingerprint density at radius 1 is 0.517 bits per heavy atom. The molecule has 6 N–H and O–H groups in total. The highest BCUT2D eigenvalue weighted by atomic mass is 31.2. The molecule has 1 fully saturated rings. The van der Waals surface area contributed by atoms with Crippen molar-refractivity contribution in [2.45, 2.75) is 262 Å². The number of carbonyl (C=O) groups excluding carboxylic acids is 1. The van der Waals surface area contributed by atoms with E-state index in [0.29, 0.717) is 13.0 Å². The second kappa shape index (κ2) is 38.5. The van der Waals surface area contributed by atoms with Gasteiger partial charge in [-0.3, -0.25) is 13.8 Å². The van der Waals surface area contributed by atoms with Crippen molar-refractivity contribution in [2.24, 2.45) is 0 Å². The molecule has 60 heavy (non-hydrogen) atoms. The average Bonchev–Trinajstić information content (AvgIpc) is 3.23. The Bertz CT molecular complexity index is 1050. The van der Waals surface area contributed by atoms with Gasteiger partial charge in [0, 0.05) is 13.0 Å². The van der Waals surface area contributed by atoms with Crippen molar-refractivity contribution in [3.63, 3.8) is 0 Å². The second-order valence-corrected chi connectivity index (χ2v) is 18.7. The van der Waals surface area contributed by atoms with E-state index in [4.69, 9.17) is 18.5 Å². The Hall–Kier alpha value is -0.920. The van der Waals surface area contributed by atoms with Crippen LogP contribution in [0.15, 0.2) is 12.2 Å². The van der Waals surface area contributed by atoms with Gasteiger partial charge < -0.3 is 39.9 Å². The van der Waals surface area contributed by atoms with Gasteiger partial charge in [0.05, 0.1) is 13.2 Å². The summed E-state index contributed by atoms with van der Waals surface area (Å²) in [5.41, 5.74) is 0. The van der Waals surface area contributed by atoms with E-state index in [1.165, 1.54) is 148 Å². The first-order valence-electron chi connectivity index (χ1n) is 24.5. The van der Waals surface area contributed by atoms with Crippen LogP contribution in [0.25, 0.3) is 0 Å². The lowest BCUT2D eigenvalue weighted by Gasteiger charge is -2.41. The molecule has 13 heteroatoms. The molecule has 0 bridgehead atoms. The van der Waals surface area contributed by atoms with Gasteiger partial charge in [-0.1, -0.05) is 187 Å². The predicted molar refractivity (Wildman–Crippen MR) is 240 cm³/mol. The summed E-state index contributed by atoms with van der Waals surface area (Å²) in [5.74, 6) is -0.477. The maximum absolute atomic E-state index is 12.8. The first kappa shape index (κ1) is 57.1. The van der Waals surface area contributed by atoms with Crippen LogP contribution < -0.4 is 0 Å². The molecular weight excluding hydrogens is 787 g/mol. The summed E-state index contributed by atoms with van der Waals surface area (Å²) < 4.78 is 34.2. The summed E-state index contributed by atoms with van der Waals surface area (Å²) in [4.78, 5) is 23.2. The lowest BCUT2D eigenvalue weighted by atomic mass is 9.85. The van der Waals surface area contributed by atoms with E-state index in [1.807, 2.05) is 0 Å². The molecular formula is C47H91O12P. The van der Waals surface area contributed by atoms with Gasteiger partial charge in [0.25, 0.3) is 0 Å². The van der Waals surface area contributed by atoms with Crippen LogP contribution in [0.1, 0.15) is 219 Å². The van der Waals surface area contributed by atoms with Gasteiger partial charge in [0.15, 0.2) is 0 Å². The van der Waals surface area contributed by atoms with Crippen LogP contribution in [-0.2, 0) is 27.9 Å². The molecule has 1 aliphatic carbocycles. The van der Waals surface area contributed by atoms with Crippen LogP contribution in [0.3, 0.4) is 0 Å². The first-order valence-corrected chi connectivity index (χ1v) is 26.0.